The molecule has 2 fully saturated rings. The first-order valence-corrected chi connectivity index (χ1v) is 15.2. The number of amides is 1. The lowest BCUT2D eigenvalue weighted by molar-refractivity contribution is -0.908. The van der Waals surface area contributed by atoms with E-state index in [1.165, 1.54) is 4.90 Å². The van der Waals surface area contributed by atoms with Crippen LogP contribution < -0.4 is 19.5 Å². The van der Waals surface area contributed by atoms with Crippen molar-refractivity contribution in [3.8, 4) is 17.2 Å². The van der Waals surface area contributed by atoms with Crippen LogP contribution in [0.25, 0.3) is 5.76 Å². The quantitative estimate of drug-likeness (QED) is 0.152. The van der Waals surface area contributed by atoms with Crippen LogP contribution >= 0.6 is 0 Å². The van der Waals surface area contributed by atoms with E-state index >= 15 is 0 Å². The summed E-state index contributed by atoms with van der Waals surface area (Å²) in [6.45, 7) is 9.02. The van der Waals surface area contributed by atoms with Crippen LogP contribution in [0.3, 0.4) is 0 Å². The normalized spacial score (nSPS) is 18.7. The number of hydrogen-bond acceptors (Lipinski definition) is 6. The Morgan fingerprint density at radius 2 is 1.72 bits per heavy atom. The molecule has 1 amide bonds. The molecular weight excluding hydrogens is 544 g/mol. The number of hydrogen-bond donors (Lipinski definition) is 1. The van der Waals surface area contributed by atoms with Gasteiger partial charge in [0.25, 0.3) is 5.91 Å². The summed E-state index contributed by atoms with van der Waals surface area (Å²) in [6.07, 6.45) is 2.66. The minimum atomic E-state index is -0.814. The molecular formula is C35H40N2O6. The number of likely N-dealkylation sites (tertiary alicyclic amines) is 1. The molecule has 1 unspecified atom stereocenters. The first kappa shape index (κ1) is 30.3. The summed E-state index contributed by atoms with van der Waals surface area (Å²) < 4.78 is 17.4. The molecule has 0 saturated carbocycles. The van der Waals surface area contributed by atoms with Crippen molar-refractivity contribution in [2.45, 2.75) is 39.2 Å². The molecule has 0 aliphatic carbocycles. The Balaban J connectivity index is 1.48. The molecule has 0 aromatic heterocycles. The van der Waals surface area contributed by atoms with Gasteiger partial charge in [0.2, 0.25) is 5.78 Å². The van der Waals surface area contributed by atoms with Gasteiger partial charge in [0.1, 0.15) is 30.3 Å². The monoisotopic (exact) mass is 584 g/mol. The molecule has 3 aromatic rings. The number of rotatable bonds is 12. The summed E-state index contributed by atoms with van der Waals surface area (Å²) in [5.41, 5.74) is 1.72. The molecule has 5 rings (SSSR count). The van der Waals surface area contributed by atoms with Crippen molar-refractivity contribution >= 4 is 17.4 Å². The minimum Gasteiger partial charge on any atom is -0.872 e. The molecule has 43 heavy (non-hydrogen) atoms. The predicted octanol–water partition coefficient (Wildman–Crippen LogP) is 3.50. The van der Waals surface area contributed by atoms with Gasteiger partial charge in [-0.15, -0.1) is 0 Å². The highest BCUT2D eigenvalue weighted by atomic mass is 16.5. The maximum Gasteiger partial charge on any atom is 0.295 e. The van der Waals surface area contributed by atoms with Gasteiger partial charge in [-0.2, -0.15) is 0 Å². The van der Waals surface area contributed by atoms with Gasteiger partial charge in [-0.05, 0) is 66.4 Å². The van der Waals surface area contributed by atoms with Crippen molar-refractivity contribution in [2.75, 3.05) is 46.0 Å². The van der Waals surface area contributed by atoms with Gasteiger partial charge in [-0.1, -0.05) is 55.5 Å². The number of benzene rings is 3. The number of Topliss-reactive ketones (excluding diaryl/α,β-unsaturated/α-hetero) is 1. The highest BCUT2D eigenvalue weighted by molar-refractivity contribution is 6.46. The number of carbonyl (C=O) groups is 2. The number of ether oxygens (including phenoxy) is 3. The molecule has 8 heteroatoms. The van der Waals surface area contributed by atoms with Crippen molar-refractivity contribution in [1.82, 2.24) is 4.90 Å². The van der Waals surface area contributed by atoms with E-state index in [9.17, 15) is 14.7 Å². The number of quaternary nitrogens is 1. The van der Waals surface area contributed by atoms with Gasteiger partial charge < -0.3 is 29.1 Å². The standard InChI is InChI=1S/C35H40N2O6/c1-3-4-20-42-28-14-15-30(25(2)23-28)33(38)31-32(26-10-8-13-29(24-26)43-27-11-6-5-7-12-27)37(35(40)34(31)39)17-9-16-36-18-21-41-22-19-36/h5-8,10-15,23-24,32,38H,3-4,9,16-22H2,1-2H3. The Bertz CT molecular complexity index is 1450. The van der Waals surface area contributed by atoms with Crippen LogP contribution in [0.1, 0.15) is 48.9 Å². The van der Waals surface area contributed by atoms with Crippen molar-refractivity contribution in [1.29, 1.82) is 0 Å². The molecule has 0 spiro atoms. The predicted molar refractivity (Wildman–Crippen MR) is 162 cm³/mol. The van der Waals surface area contributed by atoms with Crippen LogP contribution in [0.15, 0.2) is 78.4 Å². The zero-order valence-corrected chi connectivity index (χ0v) is 25.0. The molecule has 226 valence electrons. The van der Waals surface area contributed by atoms with E-state index in [4.69, 9.17) is 14.2 Å². The maximum absolute atomic E-state index is 14.1. The van der Waals surface area contributed by atoms with Crippen molar-refractivity contribution < 1.29 is 33.8 Å². The molecule has 1 atom stereocenters. The van der Waals surface area contributed by atoms with E-state index in [0.29, 0.717) is 53.5 Å². The lowest BCUT2D eigenvalue weighted by Crippen LogP contribution is -3.14. The fraction of sp³-hybridized carbons (Fsp3) is 0.371. The third-order valence-electron chi connectivity index (χ3n) is 8.02. The zero-order valence-electron chi connectivity index (χ0n) is 25.0. The Morgan fingerprint density at radius 1 is 0.953 bits per heavy atom. The van der Waals surface area contributed by atoms with Crippen LogP contribution in [0.2, 0.25) is 0 Å². The molecule has 8 nitrogen and oxygen atoms in total. The first-order chi connectivity index (χ1) is 21.0. The van der Waals surface area contributed by atoms with E-state index < -0.39 is 23.5 Å². The SMILES string of the molecule is CCCCOc1ccc(C([O-])=C2C(=O)C(=O)N(CCC[NH+]3CCOCC3)C2c2cccc(Oc3ccccc3)c2)c(C)c1. The van der Waals surface area contributed by atoms with Crippen molar-refractivity contribution in [3.63, 3.8) is 0 Å². The fourth-order valence-corrected chi connectivity index (χ4v) is 5.69. The van der Waals surface area contributed by atoms with Crippen LogP contribution in [0, 0.1) is 6.92 Å². The van der Waals surface area contributed by atoms with E-state index in [1.807, 2.05) is 67.6 Å². The number of nitrogens with zero attached hydrogens (tertiary/aromatic N) is 1. The highest BCUT2D eigenvalue weighted by Gasteiger charge is 2.44. The molecule has 0 radical (unpaired) electrons. The van der Waals surface area contributed by atoms with E-state index in [0.717, 1.165) is 45.7 Å². The number of carbonyl (C=O) groups excluding carboxylic acids is 2. The number of ketones is 1. The largest absolute Gasteiger partial charge is 0.872 e. The topological polar surface area (TPSA) is 92.6 Å². The molecule has 1 N–H and O–H groups in total. The van der Waals surface area contributed by atoms with Crippen LogP contribution in [0.4, 0.5) is 0 Å². The number of para-hydroxylation sites is 1. The van der Waals surface area contributed by atoms with Crippen LogP contribution in [-0.2, 0) is 14.3 Å². The molecule has 2 heterocycles. The lowest BCUT2D eigenvalue weighted by atomic mass is 9.93. The van der Waals surface area contributed by atoms with Gasteiger partial charge in [0.15, 0.2) is 0 Å². The summed E-state index contributed by atoms with van der Waals surface area (Å²) in [5.74, 6) is 0.0839. The van der Waals surface area contributed by atoms with E-state index in [1.54, 1.807) is 17.0 Å². The lowest BCUT2D eigenvalue weighted by Gasteiger charge is -2.29. The number of morpholine rings is 1. The third kappa shape index (κ3) is 7.27. The average molecular weight is 585 g/mol. The zero-order chi connectivity index (χ0) is 30.2. The smallest absolute Gasteiger partial charge is 0.295 e. The Kier molecular flexibility index (Phi) is 10.1. The van der Waals surface area contributed by atoms with Gasteiger partial charge in [-0.25, -0.2) is 0 Å². The minimum absolute atomic E-state index is 0.0247. The second-order valence-electron chi connectivity index (χ2n) is 11.1. The third-order valence-corrected chi connectivity index (χ3v) is 8.02. The second kappa shape index (κ2) is 14.4. The summed E-state index contributed by atoms with van der Waals surface area (Å²) in [4.78, 5) is 30.1. The summed E-state index contributed by atoms with van der Waals surface area (Å²) in [5, 5.41) is 14.1. The summed E-state index contributed by atoms with van der Waals surface area (Å²) in [7, 11) is 0. The van der Waals surface area contributed by atoms with E-state index in [-0.39, 0.29) is 5.57 Å². The molecule has 2 aliphatic rings. The van der Waals surface area contributed by atoms with Crippen molar-refractivity contribution in [2.24, 2.45) is 0 Å². The molecule has 2 saturated heterocycles. The number of unbranched alkanes of at least 4 members (excludes halogenated alkanes) is 1. The fourth-order valence-electron chi connectivity index (χ4n) is 5.69. The van der Waals surface area contributed by atoms with Gasteiger partial charge in [0, 0.05) is 18.5 Å². The maximum atomic E-state index is 14.1. The number of nitrogens with one attached hydrogen (secondary N) is 1. The Morgan fingerprint density at radius 3 is 2.47 bits per heavy atom. The summed E-state index contributed by atoms with van der Waals surface area (Å²) >= 11 is 0. The molecule has 2 aliphatic heterocycles. The van der Waals surface area contributed by atoms with Gasteiger partial charge in [0.05, 0.1) is 32.4 Å². The van der Waals surface area contributed by atoms with Crippen LogP contribution in [-0.4, -0.2) is 62.6 Å². The number of aryl methyl sites for hydroxylation is 1. The van der Waals surface area contributed by atoms with Crippen LogP contribution in [0.5, 0.6) is 17.2 Å². The van der Waals surface area contributed by atoms with Crippen molar-refractivity contribution in [3.05, 3.63) is 95.1 Å². The second-order valence-corrected chi connectivity index (χ2v) is 11.1. The van der Waals surface area contributed by atoms with Gasteiger partial charge >= 0.3 is 0 Å². The molecule has 0 bridgehead atoms. The summed E-state index contributed by atoms with van der Waals surface area (Å²) in [6, 6.07) is 21.2. The Labute approximate surface area is 253 Å². The Hall–Kier alpha value is -4.14. The average Bonchev–Trinajstić information content (AvgIpc) is 3.27. The highest BCUT2D eigenvalue weighted by Crippen LogP contribution is 2.40. The first-order valence-electron chi connectivity index (χ1n) is 15.2. The molecule has 3 aromatic carbocycles. The van der Waals surface area contributed by atoms with E-state index in [2.05, 4.69) is 6.92 Å². The van der Waals surface area contributed by atoms with Gasteiger partial charge in [-0.3, -0.25) is 9.59 Å².